The Balaban J connectivity index is 2.50. The summed E-state index contributed by atoms with van der Waals surface area (Å²) in [5.41, 5.74) is 0.916. The van der Waals surface area contributed by atoms with E-state index in [1.165, 1.54) is 0 Å². The molecule has 11 heavy (non-hydrogen) atoms. The molecule has 1 aliphatic rings. The molecule has 1 heterocycles. The molecule has 0 radical (unpaired) electrons. The average molecular weight is 154 g/mol. The van der Waals surface area contributed by atoms with Crippen molar-refractivity contribution in [3.05, 3.63) is 11.8 Å². The molecule has 0 aliphatic carbocycles. The van der Waals surface area contributed by atoms with Crippen LogP contribution in [0.25, 0.3) is 0 Å². The molecule has 1 aliphatic heterocycles. The topological polar surface area (TPSA) is 44.6 Å². The van der Waals surface area contributed by atoms with Crippen molar-refractivity contribution in [2.45, 2.75) is 20.1 Å². The molecule has 0 spiro atoms. The van der Waals surface area contributed by atoms with Gasteiger partial charge in [0.1, 0.15) is 6.23 Å². The SMILES string of the molecule is CC1C=C(NC(C)O)C=NC1. The van der Waals surface area contributed by atoms with E-state index in [9.17, 15) is 0 Å². The predicted molar refractivity (Wildman–Crippen MR) is 45.4 cm³/mol. The molecule has 0 amide bonds. The summed E-state index contributed by atoms with van der Waals surface area (Å²) in [6.07, 6.45) is 3.32. The Morgan fingerprint density at radius 2 is 2.55 bits per heavy atom. The van der Waals surface area contributed by atoms with Gasteiger partial charge >= 0.3 is 0 Å². The Bertz CT molecular complexity index is 185. The summed E-state index contributed by atoms with van der Waals surface area (Å²) in [5, 5.41) is 11.9. The molecular weight excluding hydrogens is 140 g/mol. The van der Waals surface area contributed by atoms with Gasteiger partial charge in [0.25, 0.3) is 0 Å². The molecule has 0 bridgehead atoms. The van der Waals surface area contributed by atoms with Gasteiger partial charge in [0.2, 0.25) is 0 Å². The molecule has 62 valence electrons. The minimum absolute atomic E-state index is 0.473. The van der Waals surface area contributed by atoms with E-state index in [0.29, 0.717) is 5.92 Å². The molecular formula is C8H14N2O. The fourth-order valence-corrected chi connectivity index (χ4v) is 1.05. The van der Waals surface area contributed by atoms with Gasteiger partial charge in [-0.25, -0.2) is 0 Å². The van der Waals surface area contributed by atoms with Crippen LogP contribution in [-0.2, 0) is 0 Å². The third kappa shape index (κ3) is 2.72. The first-order chi connectivity index (χ1) is 5.18. The van der Waals surface area contributed by atoms with E-state index in [1.54, 1.807) is 13.1 Å². The number of nitrogens with zero attached hydrogens (tertiary/aromatic N) is 1. The lowest BCUT2D eigenvalue weighted by Crippen LogP contribution is -2.27. The second kappa shape index (κ2) is 3.53. The normalized spacial score (nSPS) is 26.1. The van der Waals surface area contributed by atoms with Crippen LogP contribution >= 0.6 is 0 Å². The second-order valence-corrected chi connectivity index (χ2v) is 2.91. The maximum atomic E-state index is 8.98. The molecule has 2 unspecified atom stereocenters. The number of hydrogen-bond acceptors (Lipinski definition) is 3. The molecule has 0 aromatic rings. The zero-order valence-electron chi connectivity index (χ0n) is 6.91. The van der Waals surface area contributed by atoms with Crippen molar-refractivity contribution in [1.82, 2.24) is 5.32 Å². The Labute approximate surface area is 66.8 Å². The molecule has 0 aromatic carbocycles. The predicted octanol–water partition coefficient (Wildman–Crippen LogP) is 0.519. The maximum Gasteiger partial charge on any atom is 0.121 e. The standard InChI is InChI=1S/C8H14N2O/c1-6-3-8(5-9-4-6)10-7(2)11/h3,5-7,10-11H,4H2,1-2H3. The highest BCUT2D eigenvalue weighted by molar-refractivity contribution is 5.78. The highest BCUT2D eigenvalue weighted by atomic mass is 16.3. The van der Waals surface area contributed by atoms with Gasteiger partial charge in [0.15, 0.2) is 0 Å². The maximum absolute atomic E-state index is 8.98. The molecule has 3 nitrogen and oxygen atoms in total. The molecule has 3 heteroatoms. The van der Waals surface area contributed by atoms with Gasteiger partial charge in [-0.1, -0.05) is 13.0 Å². The minimum Gasteiger partial charge on any atom is -0.374 e. The number of aliphatic hydroxyl groups is 1. The summed E-state index contributed by atoms with van der Waals surface area (Å²) in [4.78, 5) is 4.13. The second-order valence-electron chi connectivity index (χ2n) is 2.91. The zero-order chi connectivity index (χ0) is 8.27. The fraction of sp³-hybridized carbons (Fsp3) is 0.625. The van der Waals surface area contributed by atoms with Gasteiger partial charge in [-0.2, -0.15) is 0 Å². The van der Waals surface area contributed by atoms with Crippen molar-refractivity contribution < 1.29 is 5.11 Å². The number of aliphatic hydroxyl groups excluding tert-OH is 1. The average Bonchev–Trinajstić information content (AvgIpc) is 1.85. The molecule has 1 rings (SSSR count). The molecule has 0 aromatic heterocycles. The monoisotopic (exact) mass is 154 g/mol. The van der Waals surface area contributed by atoms with E-state index in [4.69, 9.17) is 5.11 Å². The number of rotatable bonds is 2. The van der Waals surface area contributed by atoms with Crippen molar-refractivity contribution in [3.8, 4) is 0 Å². The highest BCUT2D eigenvalue weighted by Crippen LogP contribution is 2.05. The summed E-state index contributed by atoms with van der Waals surface area (Å²) in [6, 6.07) is 0. The highest BCUT2D eigenvalue weighted by Gasteiger charge is 2.05. The number of hydrogen-bond donors (Lipinski definition) is 2. The molecule has 2 N–H and O–H groups in total. The Hall–Kier alpha value is -0.830. The number of nitrogens with one attached hydrogen (secondary N) is 1. The molecule has 2 atom stereocenters. The summed E-state index contributed by atoms with van der Waals surface area (Å²) >= 11 is 0. The lowest BCUT2D eigenvalue weighted by Gasteiger charge is -2.15. The number of allylic oxidation sites excluding steroid dienone is 1. The molecule has 0 saturated heterocycles. The Morgan fingerprint density at radius 3 is 3.09 bits per heavy atom. The van der Waals surface area contributed by atoms with Crippen LogP contribution in [0.5, 0.6) is 0 Å². The van der Waals surface area contributed by atoms with Crippen LogP contribution in [0.1, 0.15) is 13.8 Å². The molecule has 0 fully saturated rings. The van der Waals surface area contributed by atoms with Gasteiger partial charge in [0.05, 0.1) is 5.70 Å². The number of dihydropyridines is 1. The summed E-state index contributed by atoms with van der Waals surface area (Å²) in [6.45, 7) is 4.64. The van der Waals surface area contributed by atoms with Crippen molar-refractivity contribution in [2.75, 3.05) is 6.54 Å². The third-order valence-corrected chi connectivity index (χ3v) is 1.46. The Morgan fingerprint density at radius 1 is 1.82 bits per heavy atom. The fourth-order valence-electron chi connectivity index (χ4n) is 1.05. The van der Waals surface area contributed by atoms with Gasteiger partial charge in [-0.3, -0.25) is 4.99 Å². The van der Waals surface area contributed by atoms with E-state index in [0.717, 1.165) is 12.2 Å². The smallest absolute Gasteiger partial charge is 0.121 e. The van der Waals surface area contributed by atoms with Gasteiger partial charge in [0, 0.05) is 12.8 Å². The van der Waals surface area contributed by atoms with Crippen molar-refractivity contribution in [3.63, 3.8) is 0 Å². The van der Waals surface area contributed by atoms with Gasteiger partial charge < -0.3 is 10.4 Å². The third-order valence-electron chi connectivity index (χ3n) is 1.46. The van der Waals surface area contributed by atoms with Crippen molar-refractivity contribution >= 4 is 6.21 Å². The van der Waals surface area contributed by atoms with Crippen LogP contribution in [0.2, 0.25) is 0 Å². The van der Waals surface area contributed by atoms with Crippen LogP contribution in [0.4, 0.5) is 0 Å². The van der Waals surface area contributed by atoms with Gasteiger partial charge in [-0.05, 0) is 12.8 Å². The van der Waals surface area contributed by atoms with Crippen molar-refractivity contribution in [2.24, 2.45) is 10.9 Å². The number of aliphatic imine (C=N–C) groups is 1. The van der Waals surface area contributed by atoms with Crippen LogP contribution in [0, 0.1) is 5.92 Å². The summed E-state index contributed by atoms with van der Waals surface area (Å²) in [7, 11) is 0. The minimum atomic E-state index is -0.502. The van der Waals surface area contributed by atoms with Crippen molar-refractivity contribution in [1.29, 1.82) is 0 Å². The zero-order valence-corrected chi connectivity index (χ0v) is 6.91. The summed E-state index contributed by atoms with van der Waals surface area (Å²) in [5.74, 6) is 0.473. The van der Waals surface area contributed by atoms with Gasteiger partial charge in [-0.15, -0.1) is 0 Å². The van der Waals surface area contributed by atoms with E-state index >= 15 is 0 Å². The van der Waals surface area contributed by atoms with Crippen LogP contribution in [0.15, 0.2) is 16.8 Å². The first-order valence-electron chi connectivity index (χ1n) is 3.84. The Kier molecular flexibility index (Phi) is 2.65. The molecule has 0 saturated carbocycles. The van der Waals surface area contributed by atoms with Crippen LogP contribution in [-0.4, -0.2) is 24.1 Å². The summed E-state index contributed by atoms with van der Waals surface area (Å²) < 4.78 is 0. The largest absolute Gasteiger partial charge is 0.374 e. The van der Waals surface area contributed by atoms with E-state index in [2.05, 4.69) is 23.3 Å². The van der Waals surface area contributed by atoms with Crippen LogP contribution in [0.3, 0.4) is 0 Å². The van der Waals surface area contributed by atoms with E-state index in [1.807, 2.05) is 0 Å². The van der Waals surface area contributed by atoms with Crippen LogP contribution < -0.4 is 5.32 Å². The lowest BCUT2D eigenvalue weighted by molar-refractivity contribution is 0.171. The first-order valence-corrected chi connectivity index (χ1v) is 3.84. The van der Waals surface area contributed by atoms with E-state index in [-0.39, 0.29) is 0 Å². The van der Waals surface area contributed by atoms with E-state index < -0.39 is 6.23 Å². The first kappa shape index (κ1) is 8.27. The quantitative estimate of drug-likeness (QED) is 0.569. The lowest BCUT2D eigenvalue weighted by atomic mass is 10.1.